The minimum absolute atomic E-state index is 0.00335. The summed E-state index contributed by atoms with van der Waals surface area (Å²) in [5, 5.41) is 11.5. The van der Waals surface area contributed by atoms with Crippen LogP contribution in [0.4, 0.5) is 0 Å². The lowest BCUT2D eigenvalue weighted by molar-refractivity contribution is -0.148. The molecule has 1 heterocycles. The fourth-order valence-corrected chi connectivity index (χ4v) is 7.10. The zero-order valence-electron chi connectivity index (χ0n) is 34.4. The Labute approximate surface area is 323 Å². The Morgan fingerprint density at radius 2 is 1.67 bits per heavy atom. The minimum atomic E-state index is -0.880. The summed E-state index contributed by atoms with van der Waals surface area (Å²) in [6.07, 6.45) is 6.39. The first-order valence-corrected chi connectivity index (χ1v) is 19.2. The number of benzene rings is 1. The Morgan fingerprint density at radius 1 is 1.02 bits per heavy atom. The molecule has 13 heteroatoms. The first kappa shape index (κ1) is 46.2. The highest BCUT2D eigenvalue weighted by Crippen LogP contribution is 2.30. The second-order valence-corrected chi connectivity index (χ2v) is 15.3. The molecule has 1 fully saturated rings. The van der Waals surface area contributed by atoms with Crippen molar-refractivity contribution in [3.05, 3.63) is 35.9 Å². The standard InChI is InChI=1S/C41H66N6O7/c1-13-22-43-38(50)30(24-29-19-16-15-17-20-29)44-37(49)28(6)36(54-12)31-21-18-23-47(31)33(48)25-32(53-11)35(27(5)14-2)46(10)39(51)34(26(3)4)45-40(52)41(7,8)42-9/h1,15-17,19-20,26-28,30-32,34-36,42H,14,18,21-25H2,2-12H3,(H,43,50)(H,44,49)(H,45,52)/t27?,28?,30?,31-,32?,34?,35?,36?/m0/s1. The Bertz CT molecular complexity index is 1430. The molecule has 0 bridgehead atoms. The SMILES string of the molecule is C#CCNC(=O)C(Cc1ccccc1)NC(=O)C(C)C(OC)[C@@H]1CCCN1C(=O)CC(OC)C(C(C)CC)N(C)C(=O)C(NC(=O)C(C)(C)NC)C(C)C. The monoisotopic (exact) mass is 754 g/mol. The maximum Gasteiger partial charge on any atom is 0.245 e. The van der Waals surface area contributed by atoms with Gasteiger partial charge in [-0.3, -0.25) is 24.0 Å². The molecule has 0 aromatic heterocycles. The van der Waals surface area contributed by atoms with Crippen molar-refractivity contribution in [1.82, 2.24) is 31.1 Å². The molecule has 54 heavy (non-hydrogen) atoms. The fourth-order valence-electron chi connectivity index (χ4n) is 7.10. The third-order valence-corrected chi connectivity index (χ3v) is 11.0. The van der Waals surface area contributed by atoms with Crippen molar-refractivity contribution in [3.63, 3.8) is 0 Å². The molecule has 1 aliphatic heterocycles. The molecular formula is C41H66N6O7. The van der Waals surface area contributed by atoms with E-state index in [1.165, 1.54) is 7.11 Å². The third-order valence-electron chi connectivity index (χ3n) is 11.0. The topological polar surface area (TPSA) is 158 Å². The number of nitrogens with zero attached hydrogens (tertiary/aromatic N) is 2. The van der Waals surface area contributed by atoms with Crippen molar-refractivity contribution >= 4 is 29.5 Å². The van der Waals surface area contributed by atoms with E-state index in [2.05, 4.69) is 27.2 Å². The average molecular weight is 755 g/mol. The molecule has 5 amide bonds. The Kier molecular flexibility index (Phi) is 18.6. The van der Waals surface area contributed by atoms with E-state index in [-0.39, 0.29) is 54.9 Å². The second-order valence-electron chi connectivity index (χ2n) is 15.3. The van der Waals surface area contributed by atoms with Gasteiger partial charge in [0.25, 0.3) is 0 Å². The van der Waals surface area contributed by atoms with Crippen LogP contribution in [0.15, 0.2) is 30.3 Å². The molecule has 4 N–H and O–H groups in total. The number of hydrogen-bond donors (Lipinski definition) is 4. The van der Waals surface area contributed by atoms with Gasteiger partial charge in [0, 0.05) is 34.2 Å². The molecule has 2 rings (SSSR count). The number of methoxy groups -OCH3 is 2. The number of hydrogen-bond acceptors (Lipinski definition) is 8. The number of likely N-dealkylation sites (tertiary alicyclic amines) is 1. The summed E-state index contributed by atoms with van der Waals surface area (Å²) in [5.41, 5.74) is -0.00507. The van der Waals surface area contributed by atoms with Crippen molar-refractivity contribution in [3.8, 4) is 12.3 Å². The lowest BCUT2D eigenvalue weighted by atomic mass is 9.89. The van der Waals surface area contributed by atoms with Crippen LogP contribution in [0.3, 0.4) is 0 Å². The first-order chi connectivity index (χ1) is 25.5. The second kappa shape index (κ2) is 21.8. The summed E-state index contributed by atoms with van der Waals surface area (Å²) in [6.45, 7) is 13.6. The summed E-state index contributed by atoms with van der Waals surface area (Å²) in [4.78, 5) is 71.6. The molecule has 302 valence electrons. The lowest BCUT2D eigenvalue weighted by Crippen LogP contribution is -2.61. The molecule has 0 radical (unpaired) electrons. The van der Waals surface area contributed by atoms with E-state index in [1.54, 1.807) is 51.8 Å². The van der Waals surface area contributed by atoms with Crippen molar-refractivity contribution < 1.29 is 33.4 Å². The zero-order chi connectivity index (χ0) is 40.7. The summed E-state index contributed by atoms with van der Waals surface area (Å²) < 4.78 is 11.9. The molecule has 0 spiro atoms. The summed E-state index contributed by atoms with van der Waals surface area (Å²) in [5.74, 6) is -0.0526. The molecule has 1 aliphatic rings. The molecule has 1 saturated heterocycles. The van der Waals surface area contributed by atoms with Gasteiger partial charge in [0.1, 0.15) is 12.1 Å². The van der Waals surface area contributed by atoms with E-state index >= 15 is 0 Å². The van der Waals surface area contributed by atoms with Crippen LogP contribution in [0.5, 0.6) is 0 Å². The minimum Gasteiger partial charge on any atom is -0.379 e. The van der Waals surface area contributed by atoms with Gasteiger partial charge < -0.3 is 40.5 Å². The molecule has 0 saturated carbocycles. The zero-order valence-corrected chi connectivity index (χ0v) is 34.4. The van der Waals surface area contributed by atoms with Gasteiger partial charge in [0.2, 0.25) is 29.5 Å². The molecule has 8 atom stereocenters. The number of carbonyl (C=O) groups excluding carboxylic acids is 5. The molecule has 7 unspecified atom stereocenters. The van der Waals surface area contributed by atoms with Gasteiger partial charge in [-0.25, -0.2) is 0 Å². The highest BCUT2D eigenvalue weighted by Gasteiger charge is 2.43. The molecule has 13 nitrogen and oxygen atoms in total. The maximum absolute atomic E-state index is 14.2. The van der Waals surface area contributed by atoms with Gasteiger partial charge in [-0.1, -0.05) is 77.3 Å². The van der Waals surface area contributed by atoms with Gasteiger partial charge in [-0.2, -0.15) is 0 Å². The molecule has 1 aromatic rings. The van der Waals surface area contributed by atoms with Gasteiger partial charge >= 0.3 is 0 Å². The molecule has 1 aromatic carbocycles. The largest absolute Gasteiger partial charge is 0.379 e. The van der Waals surface area contributed by atoms with Crippen LogP contribution in [0.2, 0.25) is 0 Å². The highest BCUT2D eigenvalue weighted by molar-refractivity contribution is 5.92. The Morgan fingerprint density at radius 3 is 2.20 bits per heavy atom. The summed E-state index contributed by atoms with van der Waals surface area (Å²) in [7, 11) is 6.47. The van der Waals surface area contributed by atoms with E-state index < -0.39 is 53.7 Å². The van der Waals surface area contributed by atoms with E-state index in [0.29, 0.717) is 13.0 Å². The number of nitrogens with one attached hydrogen (secondary N) is 4. The molecular weight excluding hydrogens is 688 g/mol. The van der Waals surface area contributed by atoms with Crippen molar-refractivity contribution in [2.24, 2.45) is 17.8 Å². The Hall–Kier alpha value is -3.99. The number of carbonyl (C=O) groups is 5. The number of terminal acetylenes is 1. The number of ether oxygens (including phenoxy) is 2. The van der Waals surface area contributed by atoms with Crippen LogP contribution >= 0.6 is 0 Å². The van der Waals surface area contributed by atoms with Crippen LogP contribution in [0.25, 0.3) is 0 Å². The van der Waals surface area contributed by atoms with Gasteiger partial charge in [0.05, 0.1) is 48.7 Å². The highest BCUT2D eigenvalue weighted by atomic mass is 16.5. The third kappa shape index (κ3) is 12.3. The van der Waals surface area contributed by atoms with Crippen LogP contribution < -0.4 is 21.3 Å². The predicted octanol–water partition coefficient (Wildman–Crippen LogP) is 2.52. The van der Waals surface area contributed by atoms with E-state index in [1.807, 2.05) is 58.0 Å². The van der Waals surface area contributed by atoms with Gasteiger partial charge in [-0.05, 0) is 51.1 Å². The first-order valence-electron chi connectivity index (χ1n) is 19.2. The quantitative estimate of drug-likeness (QED) is 0.140. The molecule has 0 aliphatic carbocycles. The van der Waals surface area contributed by atoms with Crippen molar-refractivity contribution in [1.29, 1.82) is 0 Å². The van der Waals surface area contributed by atoms with Crippen LogP contribution in [0, 0.1) is 30.1 Å². The Balaban J connectivity index is 2.29. The van der Waals surface area contributed by atoms with Crippen molar-refractivity contribution in [2.75, 3.05) is 41.4 Å². The predicted molar refractivity (Wildman–Crippen MR) is 210 cm³/mol. The lowest BCUT2D eigenvalue weighted by Gasteiger charge is -2.41. The number of likely N-dealkylation sites (N-methyl/N-ethyl adjacent to an activating group) is 2. The average Bonchev–Trinajstić information content (AvgIpc) is 3.64. The van der Waals surface area contributed by atoms with E-state index in [4.69, 9.17) is 15.9 Å². The van der Waals surface area contributed by atoms with E-state index in [0.717, 1.165) is 18.4 Å². The normalized spacial score (nSPS) is 18.4. The maximum atomic E-state index is 14.2. The van der Waals surface area contributed by atoms with Crippen LogP contribution in [-0.4, -0.2) is 123 Å². The van der Waals surface area contributed by atoms with Crippen molar-refractivity contribution in [2.45, 2.75) is 122 Å². The van der Waals surface area contributed by atoms with Crippen LogP contribution in [-0.2, 0) is 39.9 Å². The fraction of sp³-hybridized carbons (Fsp3) is 0.683. The van der Waals surface area contributed by atoms with Gasteiger partial charge in [-0.15, -0.1) is 6.42 Å². The number of amides is 5. The smallest absolute Gasteiger partial charge is 0.245 e. The van der Waals surface area contributed by atoms with Gasteiger partial charge in [0.15, 0.2) is 0 Å². The summed E-state index contributed by atoms with van der Waals surface area (Å²) >= 11 is 0. The summed E-state index contributed by atoms with van der Waals surface area (Å²) in [6, 6.07) is 6.85. The van der Waals surface area contributed by atoms with Crippen LogP contribution in [0.1, 0.15) is 79.7 Å². The van der Waals surface area contributed by atoms with E-state index in [9.17, 15) is 24.0 Å². The number of rotatable bonds is 21.